The SMILES string of the molecule is COc1cc(NC(=O)OCC2c3ccccc3-c3ccccc32)cc(C(=O)O)c1OC. The van der Waals surface area contributed by atoms with Crippen LogP contribution < -0.4 is 14.8 Å². The average Bonchev–Trinajstić information content (AvgIpc) is 3.10. The van der Waals surface area contributed by atoms with E-state index >= 15 is 0 Å². The number of carboxylic acid groups (broad SMARTS) is 1. The number of ether oxygens (including phenoxy) is 3. The molecule has 1 aliphatic rings. The van der Waals surface area contributed by atoms with Crippen LogP contribution in [0.4, 0.5) is 10.5 Å². The highest BCUT2D eigenvalue weighted by atomic mass is 16.5. The predicted molar refractivity (Wildman–Crippen MR) is 115 cm³/mol. The molecule has 0 aliphatic heterocycles. The Morgan fingerprint density at radius 1 is 0.935 bits per heavy atom. The van der Waals surface area contributed by atoms with Crippen molar-refractivity contribution in [3.05, 3.63) is 77.4 Å². The summed E-state index contributed by atoms with van der Waals surface area (Å²) in [7, 11) is 2.74. The molecule has 7 heteroatoms. The molecule has 0 heterocycles. The summed E-state index contributed by atoms with van der Waals surface area (Å²) in [5, 5.41) is 12.0. The first kappa shape index (κ1) is 20.3. The third-order valence-electron chi connectivity index (χ3n) is 5.30. The van der Waals surface area contributed by atoms with Crippen LogP contribution in [-0.2, 0) is 4.74 Å². The van der Waals surface area contributed by atoms with Gasteiger partial charge in [-0.25, -0.2) is 9.59 Å². The summed E-state index contributed by atoms with van der Waals surface area (Å²) in [4.78, 5) is 24.0. The lowest BCUT2D eigenvalue weighted by molar-refractivity contribution is 0.0692. The van der Waals surface area contributed by atoms with Gasteiger partial charge in [-0.3, -0.25) is 5.32 Å². The summed E-state index contributed by atoms with van der Waals surface area (Å²) in [6.07, 6.45) is -0.689. The number of hydrogen-bond acceptors (Lipinski definition) is 5. The van der Waals surface area contributed by atoms with Gasteiger partial charge in [0.1, 0.15) is 12.2 Å². The van der Waals surface area contributed by atoms with Gasteiger partial charge in [-0.05, 0) is 28.3 Å². The molecule has 0 fully saturated rings. The van der Waals surface area contributed by atoms with Crippen LogP contribution in [0.2, 0.25) is 0 Å². The zero-order valence-electron chi connectivity index (χ0n) is 17.0. The molecule has 0 aromatic heterocycles. The first-order chi connectivity index (χ1) is 15.0. The van der Waals surface area contributed by atoms with Crippen LogP contribution in [-0.4, -0.2) is 38.0 Å². The van der Waals surface area contributed by atoms with Gasteiger partial charge in [-0.1, -0.05) is 48.5 Å². The second-order valence-corrected chi connectivity index (χ2v) is 7.02. The fraction of sp³-hybridized carbons (Fsp3) is 0.167. The van der Waals surface area contributed by atoms with Gasteiger partial charge in [-0.2, -0.15) is 0 Å². The molecular formula is C24H21NO6. The molecule has 4 rings (SSSR count). The summed E-state index contributed by atoms with van der Waals surface area (Å²) in [6.45, 7) is 0.152. The van der Waals surface area contributed by atoms with Crippen molar-refractivity contribution >= 4 is 17.7 Å². The van der Waals surface area contributed by atoms with E-state index in [0.29, 0.717) is 0 Å². The van der Waals surface area contributed by atoms with E-state index in [1.54, 1.807) is 0 Å². The molecule has 3 aromatic rings. The smallest absolute Gasteiger partial charge is 0.411 e. The Balaban J connectivity index is 1.52. The monoisotopic (exact) mass is 419 g/mol. The molecule has 1 aliphatic carbocycles. The van der Waals surface area contributed by atoms with E-state index in [9.17, 15) is 14.7 Å². The largest absolute Gasteiger partial charge is 0.493 e. The Hall–Kier alpha value is -4.00. The Kier molecular flexibility index (Phi) is 5.49. The lowest BCUT2D eigenvalue weighted by Gasteiger charge is -2.16. The number of benzene rings is 3. The van der Waals surface area contributed by atoms with Crippen LogP contribution in [0.3, 0.4) is 0 Å². The minimum Gasteiger partial charge on any atom is -0.493 e. The van der Waals surface area contributed by atoms with Gasteiger partial charge >= 0.3 is 12.1 Å². The molecule has 0 saturated carbocycles. The fourth-order valence-corrected chi connectivity index (χ4v) is 3.95. The zero-order chi connectivity index (χ0) is 22.0. The quantitative estimate of drug-likeness (QED) is 0.598. The molecule has 0 spiro atoms. The second-order valence-electron chi connectivity index (χ2n) is 7.02. The van der Waals surface area contributed by atoms with Crippen molar-refractivity contribution in [1.29, 1.82) is 0 Å². The number of aromatic carboxylic acids is 1. The number of fused-ring (bicyclic) bond motifs is 3. The van der Waals surface area contributed by atoms with Crippen molar-refractivity contribution in [2.75, 3.05) is 26.1 Å². The van der Waals surface area contributed by atoms with Crippen LogP contribution in [0, 0.1) is 0 Å². The number of amides is 1. The lowest BCUT2D eigenvalue weighted by atomic mass is 9.98. The number of carboxylic acids is 1. The molecule has 31 heavy (non-hydrogen) atoms. The lowest BCUT2D eigenvalue weighted by Crippen LogP contribution is -2.18. The maximum Gasteiger partial charge on any atom is 0.411 e. The Morgan fingerprint density at radius 3 is 2.10 bits per heavy atom. The molecule has 0 saturated heterocycles. The van der Waals surface area contributed by atoms with Crippen molar-refractivity contribution in [3.63, 3.8) is 0 Å². The van der Waals surface area contributed by atoms with E-state index in [1.807, 2.05) is 36.4 Å². The van der Waals surface area contributed by atoms with Gasteiger partial charge in [0, 0.05) is 17.7 Å². The standard InChI is InChI=1S/C24H21NO6/c1-29-21-12-14(11-19(23(26)27)22(21)30-2)25-24(28)31-13-20-17-9-5-3-7-15(17)16-8-4-6-10-18(16)20/h3-12,20H,13H2,1-2H3,(H,25,28)(H,26,27). The first-order valence-corrected chi connectivity index (χ1v) is 9.64. The van der Waals surface area contributed by atoms with E-state index in [0.717, 1.165) is 22.3 Å². The van der Waals surface area contributed by atoms with Crippen molar-refractivity contribution < 1.29 is 28.9 Å². The second kappa shape index (κ2) is 8.39. The van der Waals surface area contributed by atoms with Crippen molar-refractivity contribution in [1.82, 2.24) is 0 Å². The van der Waals surface area contributed by atoms with Crippen molar-refractivity contribution in [3.8, 4) is 22.6 Å². The highest BCUT2D eigenvalue weighted by Gasteiger charge is 2.29. The molecule has 2 N–H and O–H groups in total. The van der Waals surface area contributed by atoms with E-state index in [1.165, 1.54) is 26.4 Å². The number of nitrogens with one attached hydrogen (secondary N) is 1. The summed E-state index contributed by atoms with van der Waals surface area (Å²) >= 11 is 0. The zero-order valence-corrected chi connectivity index (χ0v) is 17.0. The fourth-order valence-electron chi connectivity index (χ4n) is 3.95. The minimum absolute atomic E-state index is 0.0712. The average molecular weight is 419 g/mol. The Labute approximate surface area is 179 Å². The van der Waals surface area contributed by atoms with E-state index in [4.69, 9.17) is 14.2 Å². The maximum absolute atomic E-state index is 12.5. The topological polar surface area (TPSA) is 94.1 Å². The van der Waals surface area contributed by atoms with Crippen LogP contribution in [0.1, 0.15) is 27.4 Å². The van der Waals surface area contributed by atoms with Crippen molar-refractivity contribution in [2.24, 2.45) is 0 Å². The van der Waals surface area contributed by atoms with Crippen LogP contribution in [0.25, 0.3) is 11.1 Å². The normalized spacial score (nSPS) is 11.9. The molecule has 0 unspecified atom stereocenters. The summed E-state index contributed by atoms with van der Waals surface area (Å²) in [5.74, 6) is -1.01. The number of carbonyl (C=O) groups excluding carboxylic acids is 1. The van der Waals surface area contributed by atoms with Gasteiger partial charge < -0.3 is 19.3 Å². The number of hydrogen-bond donors (Lipinski definition) is 2. The first-order valence-electron chi connectivity index (χ1n) is 9.64. The maximum atomic E-state index is 12.5. The number of anilines is 1. The highest BCUT2D eigenvalue weighted by molar-refractivity contribution is 5.95. The van der Waals surface area contributed by atoms with Gasteiger partial charge in [0.25, 0.3) is 0 Å². The molecule has 1 amide bonds. The summed E-state index contributed by atoms with van der Waals surface area (Å²) in [5.41, 5.74) is 4.59. The van der Waals surface area contributed by atoms with Crippen LogP contribution in [0.15, 0.2) is 60.7 Å². The molecule has 3 aromatic carbocycles. The van der Waals surface area contributed by atoms with Crippen LogP contribution in [0.5, 0.6) is 11.5 Å². The van der Waals surface area contributed by atoms with Gasteiger partial charge in [-0.15, -0.1) is 0 Å². The number of carbonyl (C=O) groups is 2. The van der Waals surface area contributed by atoms with E-state index in [-0.39, 0.29) is 35.3 Å². The Bertz CT molecular complexity index is 1110. The number of methoxy groups -OCH3 is 2. The molecule has 7 nitrogen and oxygen atoms in total. The van der Waals surface area contributed by atoms with Gasteiger partial charge in [0.2, 0.25) is 0 Å². The minimum atomic E-state index is -1.20. The third kappa shape index (κ3) is 3.77. The predicted octanol–water partition coefficient (Wildman–Crippen LogP) is 4.76. The molecule has 158 valence electrons. The third-order valence-corrected chi connectivity index (χ3v) is 5.30. The van der Waals surface area contributed by atoms with Crippen molar-refractivity contribution in [2.45, 2.75) is 5.92 Å². The highest BCUT2D eigenvalue weighted by Crippen LogP contribution is 2.44. The van der Waals surface area contributed by atoms with E-state index in [2.05, 4.69) is 17.4 Å². The Morgan fingerprint density at radius 2 is 1.55 bits per heavy atom. The summed E-state index contributed by atoms with van der Waals surface area (Å²) in [6, 6.07) is 18.9. The number of rotatable bonds is 6. The molecule has 0 atom stereocenters. The molecule has 0 radical (unpaired) electrons. The summed E-state index contributed by atoms with van der Waals surface area (Å²) < 4.78 is 15.8. The van der Waals surface area contributed by atoms with Gasteiger partial charge in [0.15, 0.2) is 11.5 Å². The van der Waals surface area contributed by atoms with E-state index < -0.39 is 12.1 Å². The molecular weight excluding hydrogens is 398 g/mol. The molecule has 0 bridgehead atoms. The van der Waals surface area contributed by atoms with Crippen LogP contribution >= 0.6 is 0 Å². The van der Waals surface area contributed by atoms with Gasteiger partial charge in [0.05, 0.1) is 14.2 Å².